The third-order valence-electron chi connectivity index (χ3n) is 4.34. The van der Waals surface area contributed by atoms with Gasteiger partial charge in [-0.25, -0.2) is 18.5 Å². The van der Waals surface area contributed by atoms with Crippen LogP contribution < -0.4 is 10.0 Å². The highest BCUT2D eigenvalue weighted by Crippen LogP contribution is 2.33. The largest absolute Gasteiger partial charge is 0.368 e. The van der Waals surface area contributed by atoms with Gasteiger partial charge >= 0.3 is 0 Å². The van der Waals surface area contributed by atoms with Crippen molar-refractivity contribution in [2.24, 2.45) is 11.1 Å². The van der Waals surface area contributed by atoms with Crippen molar-refractivity contribution in [1.29, 1.82) is 0 Å². The van der Waals surface area contributed by atoms with Crippen molar-refractivity contribution in [2.45, 2.75) is 24.3 Å². The number of anilines is 1. The maximum Gasteiger partial charge on any atom is 0.240 e. The molecule has 22 heavy (non-hydrogen) atoms. The first-order chi connectivity index (χ1) is 10.5. The van der Waals surface area contributed by atoms with Crippen molar-refractivity contribution >= 4 is 15.7 Å². The van der Waals surface area contributed by atoms with Crippen LogP contribution in [0.25, 0.3) is 0 Å². The quantitative estimate of drug-likeness (QED) is 0.932. The third kappa shape index (κ3) is 2.86. The highest BCUT2D eigenvalue weighted by atomic mass is 32.2. The molecular weight excluding hydrogens is 300 g/mol. The van der Waals surface area contributed by atoms with Crippen LogP contribution in [-0.2, 0) is 10.0 Å². The number of para-hydroxylation sites is 1. The molecule has 2 aromatic rings. The molecule has 0 amide bonds. The number of imidazole rings is 1. The maximum absolute atomic E-state index is 11.8. The number of hydrogen-bond donors (Lipinski definition) is 1. The van der Waals surface area contributed by atoms with Gasteiger partial charge in [0.25, 0.3) is 0 Å². The van der Waals surface area contributed by atoms with Crippen LogP contribution in [0.4, 0.5) is 5.69 Å². The highest BCUT2D eigenvalue weighted by molar-refractivity contribution is 7.89. The van der Waals surface area contributed by atoms with Crippen LogP contribution in [0.5, 0.6) is 0 Å². The van der Waals surface area contributed by atoms with E-state index < -0.39 is 10.0 Å². The van der Waals surface area contributed by atoms with E-state index in [4.69, 9.17) is 5.14 Å². The fourth-order valence-corrected chi connectivity index (χ4v) is 3.84. The molecule has 0 saturated carbocycles. The fourth-order valence-electron chi connectivity index (χ4n) is 3.08. The van der Waals surface area contributed by atoms with E-state index in [-0.39, 0.29) is 10.9 Å². The van der Waals surface area contributed by atoms with E-state index in [1.807, 2.05) is 24.7 Å². The molecule has 0 radical (unpaired) electrons. The summed E-state index contributed by atoms with van der Waals surface area (Å²) in [6, 6.07) is 7.19. The Labute approximate surface area is 130 Å². The van der Waals surface area contributed by atoms with Gasteiger partial charge in [0, 0.05) is 25.5 Å². The second kappa shape index (κ2) is 5.73. The lowest BCUT2D eigenvalue weighted by Gasteiger charge is -2.39. The zero-order valence-corrected chi connectivity index (χ0v) is 13.3. The molecule has 1 aliphatic heterocycles. The van der Waals surface area contributed by atoms with E-state index in [9.17, 15) is 8.42 Å². The van der Waals surface area contributed by atoms with Crippen LogP contribution in [0, 0.1) is 5.92 Å². The molecule has 1 saturated heterocycles. The average molecular weight is 320 g/mol. The van der Waals surface area contributed by atoms with Crippen molar-refractivity contribution in [3.8, 4) is 0 Å². The molecule has 6 nitrogen and oxygen atoms in total. The predicted octanol–water partition coefficient (Wildman–Crippen LogP) is 1.62. The van der Waals surface area contributed by atoms with Gasteiger partial charge in [-0.05, 0) is 24.5 Å². The molecule has 1 aromatic heterocycles. The molecular formula is C15H20N4O2S. The van der Waals surface area contributed by atoms with Crippen LogP contribution in [0.3, 0.4) is 0 Å². The summed E-state index contributed by atoms with van der Waals surface area (Å²) in [5, 5.41) is 5.35. The lowest BCUT2D eigenvalue weighted by atomic mass is 9.93. The first-order valence-corrected chi connectivity index (χ1v) is 8.85. The summed E-state index contributed by atoms with van der Waals surface area (Å²) in [6.07, 6.45) is 6.53. The minimum absolute atomic E-state index is 0.189. The van der Waals surface area contributed by atoms with E-state index >= 15 is 0 Å². The van der Waals surface area contributed by atoms with Crippen molar-refractivity contribution in [3.63, 3.8) is 0 Å². The Kier molecular flexibility index (Phi) is 3.92. The van der Waals surface area contributed by atoms with Gasteiger partial charge in [-0.3, -0.25) is 0 Å². The van der Waals surface area contributed by atoms with Crippen LogP contribution in [-0.4, -0.2) is 31.1 Å². The van der Waals surface area contributed by atoms with Crippen molar-refractivity contribution in [2.75, 3.05) is 18.0 Å². The van der Waals surface area contributed by atoms with Gasteiger partial charge in [0.1, 0.15) is 4.90 Å². The smallest absolute Gasteiger partial charge is 0.240 e. The number of primary sulfonamides is 1. The molecule has 2 N–H and O–H groups in total. The Hall–Kier alpha value is -1.86. The summed E-state index contributed by atoms with van der Waals surface area (Å²) in [4.78, 5) is 6.41. The molecule has 3 rings (SSSR count). The molecule has 7 heteroatoms. The number of rotatable bonds is 3. The first-order valence-electron chi connectivity index (χ1n) is 7.31. The number of aromatic nitrogens is 2. The average Bonchev–Trinajstić information content (AvgIpc) is 3.01. The van der Waals surface area contributed by atoms with Crippen molar-refractivity contribution in [3.05, 3.63) is 43.0 Å². The van der Waals surface area contributed by atoms with E-state index in [1.54, 1.807) is 18.3 Å². The number of piperidine rings is 1. The zero-order chi connectivity index (χ0) is 15.7. The van der Waals surface area contributed by atoms with Gasteiger partial charge in [-0.2, -0.15) is 0 Å². The third-order valence-corrected chi connectivity index (χ3v) is 5.30. The normalized spacial score (nSPS) is 22.7. The standard InChI is InChI=1S/C15H20N4O2S/c1-12-6-8-18(10-14(12)19-9-7-17-11-19)13-4-2-3-5-15(13)22(16,20)21/h2-5,7,9,11-12,14H,6,8,10H2,1H3,(H2,16,20,21). The van der Waals surface area contributed by atoms with E-state index in [1.165, 1.54) is 0 Å². The summed E-state index contributed by atoms with van der Waals surface area (Å²) in [5.41, 5.74) is 0.682. The van der Waals surface area contributed by atoms with Gasteiger partial charge in [0.05, 0.1) is 18.1 Å². The highest BCUT2D eigenvalue weighted by Gasteiger charge is 2.29. The molecule has 1 aliphatic rings. The number of nitrogens with zero attached hydrogens (tertiary/aromatic N) is 3. The summed E-state index contributed by atoms with van der Waals surface area (Å²) < 4.78 is 25.7. The Morgan fingerprint density at radius 2 is 2.09 bits per heavy atom. The van der Waals surface area contributed by atoms with E-state index in [0.29, 0.717) is 11.6 Å². The fraction of sp³-hybridized carbons (Fsp3) is 0.400. The monoisotopic (exact) mass is 320 g/mol. The van der Waals surface area contributed by atoms with E-state index in [0.717, 1.165) is 19.5 Å². The lowest BCUT2D eigenvalue weighted by molar-refractivity contribution is 0.298. The minimum atomic E-state index is -3.73. The van der Waals surface area contributed by atoms with Gasteiger partial charge in [0.2, 0.25) is 10.0 Å². The molecule has 0 spiro atoms. The molecule has 0 bridgehead atoms. The lowest BCUT2D eigenvalue weighted by Crippen LogP contribution is -2.41. The first kappa shape index (κ1) is 15.1. The number of benzene rings is 1. The Bertz CT molecular complexity index is 743. The molecule has 2 atom stereocenters. The van der Waals surface area contributed by atoms with Gasteiger partial charge in [0.15, 0.2) is 0 Å². The van der Waals surface area contributed by atoms with Crippen LogP contribution in [0.1, 0.15) is 19.4 Å². The van der Waals surface area contributed by atoms with Crippen molar-refractivity contribution in [1.82, 2.24) is 9.55 Å². The Morgan fingerprint density at radius 3 is 2.77 bits per heavy atom. The van der Waals surface area contributed by atoms with Crippen LogP contribution in [0.15, 0.2) is 47.9 Å². The summed E-state index contributed by atoms with van der Waals surface area (Å²) in [7, 11) is -3.73. The molecule has 1 aromatic carbocycles. The summed E-state index contributed by atoms with van der Waals surface area (Å²) in [6.45, 7) is 3.77. The van der Waals surface area contributed by atoms with Crippen LogP contribution >= 0.6 is 0 Å². The zero-order valence-electron chi connectivity index (χ0n) is 12.5. The minimum Gasteiger partial charge on any atom is -0.368 e. The second-order valence-corrected chi connectivity index (χ2v) is 7.33. The molecule has 0 aliphatic carbocycles. The van der Waals surface area contributed by atoms with Gasteiger partial charge < -0.3 is 9.47 Å². The number of sulfonamides is 1. The Balaban J connectivity index is 1.94. The topological polar surface area (TPSA) is 81.2 Å². The Morgan fingerprint density at radius 1 is 1.32 bits per heavy atom. The van der Waals surface area contributed by atoms with E-state index in [2.05, 4.69) is 21.4 Å². The summed E-state index contributed by atoms with van der Waals surface area (Å²) in [5.74, 6) is 0.507. The maximum atomic E-state index is 11.8. The molecule has 2 heterocycles. The SMILES string of the molecule is CC1CCN(c2ccccc2S(N)(=O)=O)CC1n1ccnc1. The molecule has 2 unspecified atom stereocenters. The second-order valence-electron chi connectivity index (χ2n) is 5.80. The van der Waals surface area contributed by atoms with Crippen LogP contribution in [0.2, 0.25) is 0 Å². The number of nitrogens with two attached hydrogens (primary N) is 1. The predicted molar refractivity (Wildman–Crippen MR) is 85.1 cm³/mol. The van der Waals surface area contributed by atoms with Gasteiger partial charge in [-0.15, -0.1) is 0 Å². The molecule has 1 fully saturated rings. The van der Waals surface area contributed by atoms with Gasteiger partial charge in [-0.1, -0.05) is 19.1 Å². The summed E-state index contributed by atoms with van der Waals surface area (Å²) >= 11 is 0. The number of hydrogen-bond acceptors (Lipinski definition) is 4. The van der Waals surface area contributed by atoms with Crippen molar-refractivity contribution < 1.29 is 8.42 Å². The molecule has 118 valence electrons.